The number of nitrogens with one attached hydrogen (secondary N) is 2. The number of carbonyl (C=O) groups is 2. The zero-order valence-corrected chi connectivity index (χ0v) is 11.5. The Bertz CT molecular complexity index is 714. The Hall–Kier alpha value is -2.89. The van der Waals surface area contributed by atoms with E-state index in [1.54, 1.807) is 25.4 Å². The van der Waals surface area contributed by atoms with Gasteiger partial charge in [0.2, 0.25) is 5.91 Å². The molecule has 0 unspecified atom stereocenters. The maximum absolute atomic E-state index is 12.8. The first-order valence-corrected chi connectivity index (χ1v) is 6.53. The highest BCUT2D eigenvalue weighted by Crippen LogP contribution is 2.30. The Labute approximate surface area is 121 Å². The molecule has 2 amide bonds. The van der Waals surface area contributed by atoms with Crippen LogP contribution in [-0.4, -0.2) is 30.4 Å². The molecule has 0 spiro atoms. The molecule has 1 aromatic carbocycles. The molecule has 2 N–H and O–H groups in total. The number of benzene rings is 1. The van der Waals surface area contributed by atoms with Gasteiger partial charge in [-0.25, -0.2) is 0 Å². The number of amides is 2. The fourth-order valence-corrected chi connectivity index (χ4v) is 2.34. The molecule has 0 fully saturated rings. The SMILES string of the molecule is CNc1ccncc1C(=O)N1CC(=O)Nc2ccccc21. The normalized spacial score (nSPS) is 13.4. The molecule has 0 saturated heterocycles. The van der Waals surface area contributed by atoms with E-state index in [1.165, 1.54) is 11.1 Å². The van der Waals surface area contributed by atoms with Crippen molar-refractivity contribution < 1.29 is 9.59 Å². The van der Waals surface area contributed by atoms with Crippen molar-refractivity contribution in [2.45, 2.75) is 0 Å². The quantitative estimate of drug-likeness (QED) is 0.879. The van der Waals surface area contributed by atoms with Gasteiger partial charge in [-0.05, 0) is 18.2 Å². The maximum atomic E-state index is 12.8. The second kappa shape index (κ2) is 5.24. The van der Waals surface area contributed by atoms with Crippen LogP contribution in [0.2, 0.25) is 0 Å². The molecular weight excluding hydrogens is 268 g/mol. The molecule has 1 aromatic heterocycles. The fourth-order valence-electron chi connectivity index (χ4n) is 2.34. The predicted octanol–water partition coefficient (Wildman–Crippen LogP) is 1.72. The number of pyridine rings is 1. The third-order valence-corrected chi connectivity index (χ3v) is 3.34. The lowest BCUT2D eigenvalue weighted by molar-refractivity contribution is -0.115. The van der Waals surface area contributed by atoms with Gasteiger partial charge >= 0.3 is 0 Å². The van der Waals surface area contributed by atoms with Crippen molar-refractivity contribution in [2.24, 2.45) is 0 Å². The first-order valence-electron chi connectivity index (χ1n) is 6.53. The van der Waals surface area contributed by atoms with Crippen molar-refractivity contribution in [1.82, 2.24) is 4.98 Å². The standard InChI is InChI=1S/C15H14N4O2/c1-16-11-6-7-17-8-10(11)15(21)19-9-14(20)18-12-4-2-3-5-13(12)19/h2-8H,9H2,1H3,(H,16,17)(H,18,20). The number of hydrogen-bond acceptors (Lipinski definition) is 4. The topological polar surface area (TPSA) is 74.3 Å². The van der Waals surface area contributed by atoms with E-state index >= 15 is 0 Å². The molecule has 2 aromatic rings. The van der Waals surface area contributed by atoms with Crippen LogP contribution in [0.15, 0.2) is 42.7 Å². The molecule has 0 radical (unpaired) electrons. The van der Waals surface area contributed by atoms with E-state index in [-0.39, 0.29) is 18.4 Å². The highest BCUT2D eigenvalue weighted by molar-refractivity contribution is 6.16. The molecule has 2 heterocycles. The lowest BCUT2D eigenvalue weighted by Gasteiger charge is -2.29. The smallest absolute Gasteiger partial charge is 0.262 e. The van der Waals surface area contributed by atoms with Gasteiger partial charge in [0.05, 0.1) is 16.9 Å². The lowest BCUT2D eigenvalue weighted by Crippen LogP contribution is -2.42. The molecule has 0 bridgehead atoms. The lowest BCUT2D eigenvalue weighted by atomic mass is 10.1. The number of carbonyl (C=O) groups excluding carboxylic acids is 2. The monoisotopic (exact) mass is 282 g/mol. The summed E-state index contributed by atoms with van der Waals surface area (Å²) in [7, 11) is 1.74. The van der Waals surface area contributed by atoms with Gasteiger partial charge in [0.25, 0.3) is 5.91 Å². The Kier molecular flexibility index (Phi) is 3.27. The highest BCUT2D eigenvalue weighted by atomic mass is 16.2. The summed E-state index contributed by atoms with van der Waals surface area (Å²) in [4.78, 5) is 30.0. The van der Waals surface area contributed by atoms with E-state index in [0.717, 1.165) is 0 Å². The molecule has 0 atom stereocenters. The number of hydrogen-bond donors (Lipinski definition) is 2. The van der Waals surface area contributed by atoms with Gasteiger partial charge in [-0.2, -0.15) is 0 Å². The van der Waals surface area contributed by atoms with Gasteiger partial charge in [0, 0.05) is 25.1 Å². The van der Waals surface area contributed by atoms with Gasteiger partial charge in [0.1, 0.15) is 6.54 Å². The van der Waals surface area contributed by atoms with E-state index in [1.807, 2.05) is 18.2 Å². The van der Waals surface area contributed by atoms with Crippen LogP contribution in [-0.2, 0) is 4.79 Å². The Morgan fingerprint density at radius 1 is 1.33 bits per heavy atom. The minimum Gasteiger partial charge on any atom is -0.387 e. The van der Waals surface area contributed by atoms with E-state index in [4.69, 9.17) is 0 Å². The summed E-state index contributed by atoms with van der Waals surface area (Å²) in [6.07, 6.45) is 3.11. The van der Waals surface area contributed by atoms with Crippen molar-refractivity contribution in [3.8, 4) is 0 Å². The van der Waals surface area contributed by atoms with Gasteiger partial charge in [0.15, 0.2) is 0 Å². The van der Waals surface area contributed by atoms with E-state index in [2.05, 4.69) is 15.6 Å². The van der Waals surface area contributed by atoms with Crippen LogP contribution in [0.4, 0.5) is 17.1 Å². The van der Waals surface area contributed by atoms with Gasteiger partial charge < -0.3 is 10.6 Å². The first-order chi connectivity index (χ1) is 10.2. The van der Waals surface area contributed by atoms with Crippen LogP contribution in [0.5, 0.6) is 0 Å². The predicted molar refractivity (Wildman–Crippen MR) is 80.5 cm³/mol. The summed E-state index contributed by atoms with van der Waals surface area (Å²) in [5, 5.41) is 5.72. The number of para-hydroxylation sites is 2. The highest BCUT2D eigenvalue weighted by Gasteiger charge is 2.28. The van der Waals surface area contributed by atoms with Crippen LogP contribution >= 0.6 is 0 Å². The molecule has 0 saturated carbocycles. The van der Waals surface area contributed by atoms with Crippen LogP contribution in [0, 0.1) is 0 Å². The molecule has 3 rings (SSSR count). The fraction of sp³-hybridized carbons (Fsp3) is 0.133. The van der Waals surface area contributed by atoms with Crippen LogP contribution < -0.4 is 15.5 Å². The largest absolute Gasteiger partial charge is 0.387 e. The summed E-state index contributed by atoms with van der Waals surface area (Å²) in [5.41, 5.74) is 2.44. The second-order valence-corrected chi connectivity index (χ2v) is 4.63. The van der Waals surface area contributed by atoms with Gasteiger partial charge in [-0.3, -0.25) is 19.5 Å². The average molecular weight is 282 g/mol. The molecule has 1 aliphatic heterocycles. The summed E-state index contributed by atoms with van der Waals surface area (Å²) in [6.45, 7) is -0.00606. The van der Waals surface area contributed by atoms with Crippen molar-refractivity contribution in [2.75, 3.05) is 29.1 Å². The molecular formula is C15H14N4O2. The second-order valence-electron chi connectivity index (χ2n) is 4.63. The number of fused-ring (bicyclic) bond motifs is 1. The summed E-state index contributed by atoms with van der Waals surface area (Å²) in [6, 6.07) is 8.95. The van der Waals surface area contributed by atoms with Crippen LogP contribution in [0.1, 0.15) is 10.4 Å². The summed E-state index contributed by atoms with van der Waals surface area (Å²) in [5.74, 6) is -0.466. The van der Waals surface area contributed by atoms with E-state index in [9.17, 15) is 9.59 Å². The third-order valence-electron chi connectivity index (χ3n) is 3.34. The van der Waals surface area contributed by atoms with Crippen molar-refractivity contribution in [3.63, 3.8) is 0 Å². The Balaban J connectivity index is 2.04. The molecule has 1 aliphatic rings. The first kappa shape index (κ1) is 13.1. The number of anilines is 3. The summed E-state index contributed by atoms with van der Waals surface area (Å²) >= 11 is 0. The molecule has 6 nitrogen and oxygen atoms in total. The molecule has 0 aliphatic carbocycles. The Morgan fingerprint density at radius 2 is 2.14 bits per heavy atom. The zero-order valence-electron chi connectivity index (χ0n) is 11.5. The van der Waals surface area contributed by atoms with Crippen molar-refractivity contribution in [1.29, 1.82) is 0 Å². The minimum absolute atomic E-state index is 0.00606. The number of nitrogens with zero attached hydrogens (tertiary/aromatic N) is 2. The summed E-state index contributed by atoms with van der Waals surface area (Å²) < 4.78 is 0. The van der Waals surface area contributed by atoms with Crippen LogP contribution in [0.25, 0.3) is 0 Å². The Morgan fingerprint density at radius 3 is 2.95 bits per heavy atom. The minimum atomic E-state index is -0.255. The molecule has 106 valence electrons. The molecule has 21 heavy (non-hydrogen) atoms. The van der Waals surface area contributed by atoms with Crippen LogP contribution in [0.3, 0.4) is 0 Å². The van der Waals surface area contributed by atoms with Gasteiger partial charge in [-0.15, -0.1) is 0 Å². The van der Waals surface area contributed by atoms with E-state index < -0.39 is 0 Å². The maximum Gasteiger partial charge on any atom is 0.262 e. The van der Waals surface area contributed by atoms with E-state index in [0.29, 0.717) is 22.6 Å². The number of aromatic nitrogens is 1. The van der Waals surface area contributed by atoms with Crippen molar-refractivity contribution in [3.05, 3.63) is 48.3 Å². The van der Waals surface area contributed by atoms with Gasteiger partial charge in [-0.1, -0.05) is 12.1 Å². The average Bonchev–Trinajstić information content (AvgIpc) is 2.53. The molecule has 6 heteroatoms. The zero-order chi connectivity index (χ0) is 14.8. The third kappa shape index (κ3) is 2.31. The number of rotatable bonds is 2. The van der Waals surface area contributed by atoms with Crippen molar-refractivity contribution >= 4 is 28.9 Å².